The van der Waals surface area contributed by atoms with Crippen molar-refractivity contribution in [1.29, 1.82) is 0 Å². The zero-order valence-electron chi connectivity index (χ0n) is 28.0. The number of imide groups is 1. The molecule has 0 saturated heterocycles. The molecule has 6 N–H and O–H groups in total. The van der Waals surface area contributed by atoms with Crippen LogP contribution in [0, 0.1) is 5.92 Å². The average molecular weight is 731 g/mol. The molecule has 0 radical (unpaired) electrons. The van der Waals surface area contributed by atoms with Gasteiger partial charge in [-0.05, 0) is 47.2 Å². The molecule has 0 fully saturated rings. The number of halogens is 3. The fraction of sp³-hybridized carbons (Fsp3) is 0.343. The number of nitrogens with one attached hydrogen (secondary N) is 3. The van der Waals surface area contributed by atoms with Gasteiger partial charge in [-0.15, -0.1) is 0 Å². The molecule has 0 bridgehead atoms. The third kappa shape index (κ3) is 11.3. The van der Waals surface area contributed by atoms with Crippen LogP contribution in [-0.2, 0) is 30.4 Å². The Morgan fingerprint density at radius 1 is 0.769 bits per heavy atom. The number of nitrogens with zero attached hydrogens (tertiary/aromatic N) is 1. The first-order chi connectivity index (χ1) is 24.4. The van der Waals surface area contributed by atoms with Gasteiger partial charge in [0.1, 0.15) is 18.6 Å². The van der Waals surface area contributed by atoms with Crippen LogP contribution in [0.3, 0.4) is 0 Å². The van der Waals surface area contributed by atoms with E-state index in [0.29, 0.717) is 0 Å². The first-order valence-corrected chi connectivity index (χ1v) is 15.9. The largest absolute Gasteiger partial charge is 0.490 e. The Morgan fingerprint density at radius 2 is 1.29 bits per heavy atom. The zero-order valence-corrected chi connectivity index (χ0v) is 28.0. The standard InChI is InChI=1S/C33H36N4O8.C2HF3O2/c1-19(2)14-26(30(41)36-27(29(40)34-18-28(38)39)15-20-8-4-3-5-9-20)35-25(33(44)45)12-13-37-31(42)23-16-21-10-6-7-11-22(21)17-24(23)32(37)43;3-2(4,5)1(6)7/h3-11,16-17,19,25-27,35H,12-15,18H2,1-2H3,(H,34,40)(H,36,41)(H,38,39)(H,44,45);(H,6,7)/t25-,26+,27+;/m1./s1. The highest BCUT2D eigenvalue weighted by atomic mass is 19.4. The van der Waals surface area contributed by atoms with Crippen LogP contribution in [0.25, 0.3) is 10.8 Å². The number of carboxylic acids is 3. The molecule has 278 valence electrons. The van der Waals surface area contributed by atoms with Crippen molar-refractivity contribution in [2.75, 3.05) is 13.1 Å². The highest BCUT2D eigenvalue weighted by Crippen LogP contribution is 2.28. The highest BCUT2D eigenvalue weighted by Gasteiger charge is 2.39. The maximum absolute atomic E-state index is 13.5. The van der Waals surface area contributed by atoms with E-state index in [9.17, 15) is 47.0 Å². The van der Waals surface area contributed by atoms with Crippen molar-refractivity contribution < 1.29 is 62.1 Å². The van der Waals surface area contributed by atoms with E-state index in [1.807, 2.05) is 38.1 Å². The predicted octanol–water partition coefficient (Wildman–Crippen LogP) is 2.85. The van der Waals surface area contributed by atoms with Gasteiger partial charge in [-0.2, -0.15) is 13.2 Å². The summed E-state index contributed by atoms with van der Waals surface area (Å²) in [5.74, 6) is -7.72. The van der Waals surface area contributed by atoms with Gasteiger partial charge in [-0.1, -0.05) is 68.4 Å². The number of benzene rings is 3. The molecule has 4 amide bonds. The van der Waals surface area contributed by atoms with Gasteiger partial charge in [0, 0.05) is 13.0 Å². The van der Waals surface area contributed by atoms with Gasteiger partial charge in [0.05, 0.1) is 17.2 Å². The summed E-state index contributed by atoms with van der Waals surface area (Å²) < 4.78 is 31.7. The Morgan fingerprint density at radius 3 is 1.75 bits per heavy atom. The summed E-state index contributed by atoms with van der Waals surface area (Å²) in [5, 5.41) is 35.6. The molecule has 14 nitrogen and oxygen atoms in total. The van der Waals surface area contributed by atoms with E-state index in [4.69, 9.17) is 15.0 Å². The molecule has 52 heavy (non-hydrogen) atoms. The minimum absolute atomic E-state index is 0.0542. The summed E-state index contributed by atoms with van der Waals surface area (Å²) in [6, 6.07) is 16.0. The molecule has 0 spiro atoms. The number of fused-ring (bicyclic) bond motifs is 2. The Hall–Kier alpha value is -5.84. The molecule has 17 heteroatoms. The van der Waals surface area contributed by atoms with Crippen molar-refractivity contribution in [3.05, 3.63) is 83.4 Å². The Bertz CT molecular complexity index is 1760. The first kappa shape index (κ1) is 40.6. The lowest BCUT2D eigenvalue weighted by molar-refractivity contribution is -0.192. The van der Waals surface area contributed by atoms with E-state index in [2.05, 4.69) is 16.0 Å². The Balaban J connectivity index is 0.000000944. The van der Waals surface area contributed by atoms with E-state index in [-0.39, 0.29) is 42.9 Å². The van der Waals surface area contributed by atoms with Crippen LogP contribution in [0.4, 0.5) is 13.2 Å². The second kappa shape index (κ2) is 17.9. The summed E-state index contributed by atoms with van der Waals surface area (Å²) in [6.07, 6.45) is -4.97. The number of rotatable bonds is 15. The first-order valence-electron chi connectivity index (χ1n) is 15.9. The SMILES string of the molecule is CC(C)C[C@H](N[C@H](CCN1C(=O)c2cc3ccccc3cc2C1=O)C(=O)O)C(=O)N[C@@H](Cc1ccccc1)C(=O)NCC(=O)O.O=C(O)C(F)(F)F. The lowest BCUT2D eigenvalue weighted by Gasteiger charge is -2.27. The van der Waals surface area contributed by atoms with Crippen LogP contribution in [0.1, 0.15) is 53.0 Å². The molecule has 3 aromatic rings. The maximum Gasteiger partial charge on any atom is 0.490 e. The third-order valence-corrected chi connectivity index (χ3v) is 7.77. The van der Waals surface area contributed by atoms with Gasteiger partial charge in [-0.25, -0.2) is 4.79 Å². The predicted molar refractivity (Wildman–Crippen MR) is 178 cm³/mol. The summed E-state index contributed by atoms with van der Waals surface area (Å²) >= 11 is 0. The summed E-state index contributed by atoms with van der Waals surface area (Å²) in [7, 11) is 0. The van der Waals surface area contributed by atoms with Gasteiger partial charge >= 0.3 is 24.1 Å². The monoisotopic (exact) mass is 730 g/mol. The number of carbonyl (C=O) groups is 7. The molecule has 1 aliphatic heterocycles. The minimum Gasteiger partial charge on any atom is -0.480 e. The molecule has 0 saturated carbocycles. The fourth-order valence-corrected chi connectivity index (χ4v) is 5.30. The van der Waals surface area contributed by atoms with Gasteiger partial charge in [0.15, 0.2) is 0 Å². The summed E-state index contributed by atoms with van der Waals surface area (Å²) in [6.45, 7) is 2.86. The third-order valence-electron chi connectivity index (χ3n) is 7.77. The van der Waals surface area contributed by atoms with Crippen LogP contribution < -0.4 is 16.0 Å². The van der Waals surface area contributed by atoms with Crippen LogP contribution in [0.15, 0.2) is 66.7 Å². The molecule has 3 atom stereocenters. The van der Waals surface area contributed by atoms with E-state index in [1.54, 1.807) is 42.5 Å². The van der Waals surface area contributed by atoms with Crippen molar-refractivity contribution in [2.24, 2.45) is 5.92 Å². The number of hydrogen-bond acceptors (Lipinski definition) is 8. The van der Waals surface area contributed by atoms with Crippen LogP contribution >= 0.6 is 0 Å². The summed E-state index contributed by atoms with van der Waals surface area (Å²) in [5.41, 5.74) is 1.22. The molecule has 1 heterocycles. The lowest BCUT2D eigenvalue weighted by Crippen LogP contribution is -2.57. The van der Waals surface area contributed by atoms with Crippen molar-refractivity contribution >= 4 is 52.3 Å². The Labute approximate surface area is 295 Å². The van der Waals surface area contributed by atoms with Gasteiger partial charge in [-0.3, -0.25) is 39.0 Å². The average Bonchev–Trinajstić information content (AvgIpc) is 3.30. The Kier molecular flexibility index (Phi) is 14.0. The topological polar surface area (TPSA) is 220 Å². The highest BCUT2D eigenvalue weighted by molar-refractivity contribution is 6.23. The fourth-order valence-electron chi connectivity index (χ4n) is 5.30. The normalized spacial score (nSPS) is 14.2. The van der Waals surface area contributed by atoms with E-state index >= 15 is 0 Å². The molecule has 0 aromatic heterocycles. The second-order valence-electron chi connectivity index (χ2n) is 12.2. The number of carboxylic acid groups (broad SMARTS) is 3. The molecule has 3 aromatic carbocycles. The molecule has 0 unspecified atom stereocenters. The number of carbonyl (C=O) groups excluding carboxylic acids is 4. The van der Waals surface area contributed by atoms with Crippen LogP contribution in [-0.4, -0.2) is 99.1 Å². The quantitative estimate of drug-likeness (QED) is 0.125. The number of amides is 4. The van der Waals surface area contributed by atoms with Crippen LogP contribution in [0.5, 0.6) is 0 Å². The molecule has 1 aliphatic rings. The number of alkyl halides is 3. The minimum atomic E-state index is -5.08. The molecule has 4 rings (SSSR count). The van der Waals surface area contributed by atoms with Crippen LogP contribution in [0.2, 0.25) is 0 Å². The van der Waals surface area contributed by atoms with E-state index in [0.717, 1.165) is 21.2 Å². The second-order valence-corrected chi connectivity index (χ2v) is 12.2. The molecular weight excluding hydrogens is 693 g/mol. The van der Waals surface area contributed by atoms with Crippen molar-refractivity contribution in [1.82, 2.24) is 20.9 Å². The smallest absolute Gasteiger partial charge is 0.480 e. The van der Waals surface area contributed by atoms with Crippen molar-refractivity contribution in [3.8, 4) is 0 Å². The zero-order chi connectivity index (χ0) is 38.7. The lowest BCUT2D eigenvalue weighted by atomic mass is 9.99. The van der Waals surface area contributed by atoms with Gasteiger partial charge in [0.2, 0.25) is 11.8 Å². The summed E-state index contributed by atoms with van der Waals surface area (Å²) in [4.78, 5) is 85.9. The van der Waals surface area contributed by atoms with E-state index in [1.165, 1.54) is 0 Å². The molecule has 0 aliphatic carbocycles. The van der Waals surface area contributed by atoms with Crippen molar-refractivity contribution in [3.63, 3.8) is 0 Å². The molecular formula is C35H37F3N4O10. The van der Waals surface area contributed by atoms with E-state index < -0.39 is 72.4 Å². The maximum atomic E-state index is 13.5. The van der Waals surface area contributed by atoms with Crippen molar-refractivity contribution in [2.45, 2.75) is 57.4 Å². The van der Waals surface area contributed by atoms with Gasteiger partial charge in [0.25, 0.3) is 11.8 Å². The number of hydrogen-bond donors (Lipinski definition) is 6. The van der Waals surface area contributed by atoms with Gasteiger partial charge < -0.3 is 26.0 Å². The number of aliphatic carboxylic acids is 3.